The highest BCUT2D eigenvalue weighted by Crippen LogP contribution is 2.44. The first-order chi connectivity index (χ1) is 21.2. The van der Waals surface area contributed by atoms with Gasteiger partial charge in [-0.1, -0.05) is 12.1 Å². The molecule has 3 N–H and O–H groups in total. The lowest BCUT2D eigenvalue weighted by Gasteiger charge is -2.33. The lowest BCUT2D eigenvalue weighted by Crippen LogP contribution is -2.44. The summed E-state index contributed by atoms with van der Waals surface area (Å²) in [5.74, 6) is -0.587. The van der Waals surface area contributed by atoms with Crippen molar-refractivity contribution in [2.75, 3.05) is 43.4 Å². The average Bonchev–Trinajstić information content (AvgIpc) is 3.76. The van der Waals surface area contributed by atoms with E-state index in [1.165, 1.54) is 12.1 Å². The Morgan fingerprint density at radius 1 is 1.25 bits per heavy atom. The standard InChI is InChI=1S/C32H34F3N7OS/c1-3-42(24-9-11-38-17(24)2)30-21-6-5-20(19-7-8-23(34)28-25(19)22(14-36)29(37)44-28)26(35)27(21)39-31(40-30)43-16-32-10-4-12-41(32)15-18(33)13-32/h5-8,17-18,24,38H,3-4,9-13,15-16,37H2,1-2H3/t17-,18-,24-,32+/m1/s1. The Balaban J connectivity index is 1.38. The molecule has 3 saturated heterocycles. The Labute approximate surface area is 257 Å². The summed E-state index contributed by atoms with van der Waals surface area (Å²) in [6.07, 6.45) is 2.18. The number of likely N-dealkylation sites (N-methyl/N-ethyl adjacent to an activating group) is 1. The molecule has 8 nitrogen and oxygen atoms in total. The SMILES string of the molecule is CCN(c1nc(OC[C@@]23CCCN2C[C@H](F)C3)nc2c(F)c(-c3ccc(F)c4sc(N)c(C#N)c34)ccc12)[C@@H]1CCN[C@@H]1C. The number of rotatable bonds is 7. The lowest BCUT2D eigenvalue weighted by molar-refractivity contribution is 0.107. The predicted molar refractivity (Wildman–Crippen MR) is 167 cm³/mol. The van der Waals surface area contributed by atoms with E-state index in [0.29, 0.717) is 36.3 Å². The number of hydrogen-bond donors (Lipinski definition) is 2. The van der Waals surface area contributed by atoms with E-state index in [9.17, 15) is 14.0 Å². The summed E-state index contributed by atoms with van der Waals surface area (Å²) in [4.78, 5) is 13.8. The van der Waals surface area contributed by atoms with Crippen LogP contribution in [0.15, 0.2) is 24.3 Å². The third-order valence-corrected chi connectivity index (χ3v) is 10.7. The van der Waals surface area contributed by atoms with Crippen LogP contribution in [0.25, 0.3) is 32.1 Å². The maximum absolute atomic E-state index is 16.8. The molecule has 2 aromatic heterocycles. The van der Waals surface area contributed by atoms with Gasteiger partial charge in [-0.15, -0.1) is 11.3 Å². The molecule has 0 radical (unpaired) electrons. The fourth-order valence-electron chi connectivity index (χ4n) is 7.60. The number of nitrogens with one attached hydrogen (secondary N) is 1. The normalized spacial score (nSPS) is 25.1. The quantitative estimate of drug-likeness (QED) is 0.268. The van der Waals surface area contributed by atoms with Gasteiger partial charge < -0.3 is 20.7 Å². The molecular formula is C32H34F3N7OS. The zero-order chi connectivity index (χ0) is 30.7. The van der Waals surface area contributed by atoms with Crippen LogP contribution in [0.1, 0.15) is 45.1 Å². The Hall–Kier alpha value is -3.66. The highest BCUT2D eigenvalue weighted by atomic mass is 32.1. The van der Waals surface area contributed by atoms with Crippen LogP contribution in [0, 0.1) is 23.0 Å². The van der Waals surface area contributed by atoms with Gasteiger partial charge in [-0.25, -0.2) is 13.2 Å². The molecule has 2 aromatic carbocycles. The average molecular weight is 622 g/mol. The van der Waals surface area contributed by atoms with Crippen molar-refractivity contribution in [2.24, 2.45) is 0 Å². The number of alkyl halides is 1. The minimum atomic E-state index is -0.907. The summed E-state index contributed by atoms with van der Waals surface area (Å²) in [6.45, 7) is 7.09. The van der Waals surface area contributed by atoms with Gasteiger partial charge in [-0.05, 0) is 63.9 Å². The third kappa shape index (κ3) is 4.55. The summed E-state index contributed by atoms with van der Waals surface area (Å²) < 4.78 is 52.5. The number of benzene rings is 2. The van der Waals surface area contributed by atoms with E-state index in [-0.39, 0.29) is 56.4 Å². The van der Waals surface area contributed by atoms with E-state index in [4.69, 9.17) is 15.5 Å². The van der Waals surface area contributed by atoms with Gasteiger partial charge in [0.2, 0.25) is 0 Å². The Morgan fingerprint density at radius 3 is 2.82 bits per heavy atom. The molecule has 3 aliphatic heterocycles. The van der Waals surface area contributed by atoms with E-state index >= 15 is 4.39 Å². The number of nitrogens with zero attached hydrogens (tertiary/aromatic N) is 5. The molecule has 7 rings (SSSR count). The number of nitrogen functional groups attached to an aromatic ring is 1. The highest BCUT2D eigenvalue weighted by molar-refractivity contribution is 7.23. The molecule has 5 heterocycles. The van der Waals surface area contributed by atoms with Crippen molar-refractivity contribution < 1.29 is 17.9 Å². The Bertz CT molecular complexity index is 1810. The fraction of sp³-hybridized carbons (Fsp3) is 0.469. The summed E-state index contributed by atoms with van der Waals surface area (Å²) in [5, 5.41) is 14.3. The lowest BCUT2D eigenvalue weighted by atomic mass is 9.95. The van der Waals surface area contributed by atoms with Crippen molar-refractivity contribution in [1.82, 2.24) is 20.2 Å². The molecule has 0 aliphatic carbocycles. The fourth-order valence-corrected chi connectivity index (χ4v) is 8.55. The molecule has 44 heavy (non-hydrogen) atoms. The number of anilines is 2. The van der Waals surface area contributed by atoms with Crippen LogP contribution in [0.5, 0.6) is 6.01 Å². The second-order valence-corrected chi connectivity index (χ2v) is 13.2. The van der Waals surface area contributed by atoms with Crippen LogP contribution in [-0.4, -0.2) is 71.4 Å². The molecular weight excluding hydrogens is 587 g/mol. The van der Waals surface area contributed by atoms with E-state index in [2.05, 4.69) is 33.1 Å². The molecule has 4 atom stereocenters. The first-order valence-electron chi connectivity index (χ1n) is 15.2. The smallest absolute Gasteiger partial charge is 0.319 e. The first-order valence-corrected chi connectivity index (χ1v) is 16.0. The van der Waals surface area contributed by atoms with Gasteiger partial charge >= 0.3 is 6.01 Å². The molecule has 0 amide bonds. The molecule has 0 unspecified atom stereocenters. The van der Waals surface area contributed by atoms with Crippen LogP contribution in [-0.2, 0) is 0 Å². The molecule has 4 aromatic rings. The number of aromatic nitrogens is 2. The number of fused-ring (bicyclic) bond motifs is 3. The molecule has 0 spiro atoms. The van der Waals surface area contributed by atoms with Crippen molar-refractivity contribution >= 4 is 43.1 Å². The van der Waals surface area contributed by atoms with Gasteiger partial charge in [0.25, 0.3) is 0 Å². The highest BCUT2D eigenvalue weighted by Gasteiger charge is 2.49. The molecule has 12 heteroatoms. The summed E-state index contributed by atoms with van der Waals surface area (Å²) in [7, 11) is 0. The zero-order valence-electron chi connectivity index (χ0n) is 24.7. The van der Waals surface area contributed by atoms with Crippen molar-refractivity contribution in [3.63, 3.8) is 0 Å². The molecule has 3 aliphatic rings. The van der Waals surface area contributed by atoms with Crippen LogP contribution in [0.2, 0.25) is 0 Å². The number of nitriles is 1. The van der Waals surface area contributed by atoms with Gasteiger partial charge in [-0.2, -0.15) is 15.2 Å². The summed E-state index contributed by atoms with van der Waals surface area (Å²) in [6, 6.07) is 8.56. The van der Waals surface area contributed by atoms with E-state index < -0.39 is 23.3 Å². The zero-order valence-corrected chi connectivity index (χ0v) is 25.5. The molecule has 230 valence electrons. The summed E-state index contributed by atoms with van der Waals surface area (Å²) in [5.41, 5.74) is 6.35. The monoisotopic (exact) mass is 621 g/mol. The maximum Gasteiger partial charge on any atom is 0.319 e. The third-order valence-electron chi connectivity index (χ3n) is 9.71. The molecule has 0 bridgehead atoms. The van der Waals surface area contributed by atoms with Gasteiger partial charge in [0, 0.05) is 47.9 Å². The van der Waals surface area contributed by atoms with Crippen molar-refractivity contribution in [3.8, 4) is 23.2 Å². The first kappa shape index (κ1) is 29.1. The van der Waals surface area contributed by atoms with Crippen molar-refractivity contribution in [2.45, 2.75) is 63.3 Å². The van der Waals surface area contributed by atoms with Crippen LogP contribution < -0.4 is 20.7 Å². The topological polar surface area (TPSA) is 103 Å². The van der Waals surface area contributed by atoms with Crippen molar-refractivity contribution in [3.05, 3.63) is 41.5 Å². The predicted octanol–water partition coefficient (Wildman–Crippen LogP) is 5.78. The van der Waals surface area contributed by atoms with Crippen LogP contribution >= 0.6 is 11.3 Å². The second-order valence-electron chi connectivity index (χ2n) is 12.2. The number of halogens is 3. The van der Waals surface area contributed by atoms with E-state index in [1.54, 1.807) is 12.1 Å². The number of thiophene rings is 1. The number of hydrogen-bond acceptors (Lipinski definition) is 9. The van der Waals surface area contributed by atoms with E-state index in [1.807, 2.05) is 6.92 Å². The van der Waals surface area contributed by atoms with Crippen LogP contribution in [0.4, 0.5) is 24.0 Å². The second kappa shape index (κ2) is 11.1. The minimum absolute atomic E-state index is 0.0332. The largest absolute Gasteiger partial charge is 0.461 e. The van der Waals surface area contributed by atoms with Gasteiger partial charge in [-0.3, -0.25) is 4.90 Å². The number of nitrogens with two attached hydrogens (primary N) is 1. The Kier molecular flexibility index (Phi) is 7.30. The maximum atomic E-state index is 16.8. The Morgan fingerprint density at radius 2 is 2.07 bits per heavy atom. The minimum Gasteiger partial charge on any atom is -0.461 e. The van der Waals surface area contributed by atoms with Gasteiger partial charge in [0.15, 0.2) is 5.82 Å². The van der Waals surface area contributed by atoms with Crippen LogP contribution in [0.3, 0.4) is 0 Å². The molecule has 0 saturated carbocycles. The number of ether oxygens (including phenoxy) is 1. The van der Waals surface area contributed by atoms with Crippen molar-refractivity contribution in [1.29, 1.82) is 5.26 Å². The van der Waals surface area contributed by atoms with E-state index in [0.717, 1.165) is 43.7 Å². The summed E-state index contributed by atoms with van der Waals surface area (Å²) >= 11 is 0.969. The van der Waals surface area contributed by atoms with Gasteiger partial charge in [0.1, 0.15) is 41.0 Å². The van der Waals surface area contributed by atoms with Gasteiger partial charge in [0.05, 0.1) is 15.8 Å². The molecule has 3 fully saturated rings.